The number of amides is 1. The minimum Gasteiger partial charge on any atom is -0.508 e. The highest BCUT2D eigenvalue weighted by Crippen LogP contribution is 2.21. The van der Waals surface area contributed by atoms with Gasteiger partial charge < -0.3 is 14.6 Å². The van der Waals surface area contributed by atoms with Crippen LogP contribution in [-0.4, -0.2) is 40.4 Å². The molecule has 114 valence electrons. The number of esters is 1. The molecule has 1 aromatic carbocycles. The topological polar surface area (TPSA) is 76.1 Å². The Morgan fingerprint density at radius 1 is 1.38 bits per heavy atom. The highest BCUT2D eigenvalue weighted by Gasteiger charge is 2.39. The molecule has 2 rings (SSSR count). The number of cyclic esters (lactones) is 1. The van der Waals surface area contributed by atoms with Crippen molar-refractivity contribution in [2.24, 2.45) is 0 Å². The minimum atomic E-state index is -0.704. The van der Waals surface area contributed by atoms with E-state index in [1.807, 2.05) is 0 Å². The average Bonchev–Trinajstić information content (AvgIpc) is 2.72. The fourth-order valence-electron chi connectivity index (χ4n) is 2.00. The number of phenolic OH excluding ortho intramolecular Hbond substituents is 1. The van der Waals surface area contributed by atoms with E-state index < -0.39 is 23.7 Å². The molecule has 0 aromatic heterocycles. The fourth-order valence-corrected chi connectivity index (χ4v) is 2.00. The summed E-state index contributed by atoms with van der Waals surface area (Å²) < 4.78 is 10.2. The first-order chi connectivity index (χ1) is 9.76. The number of nitrogens with zero attached hydrogens (tertiary/aromatic N) is 1. The lowest BCUT2D eigenvalue weighted by Gasteiger charge is -2.25. The van der Waals surface area contributed by atoms with Crippen molar-refractivity contribution < 1.29 is 24.2 Å². The molecule has 1 unspecified atom stereocenters. The zero-order valence-electron chi connectivity index (χ0n) is 12.3. The maximum atomic E-state index is 12.1. The summed E-state index contributed by atoms with van der Waals surface area (Å²) in [6, 6.07) is 5.77. The quantitative estimate of drug-likeness (QED) is 0.845. The number of rotatable bonds is 2. The van der Waals surface area contributed by atoms with Gasteiger partial charge in [0.2, 0.25) is 0 Å². The van der Waals surface area contributed by atoms with Crippen molar-refractivity contribution >= 4 is 12.1 Å². The predicted octanol–water partition coefficient (Wildman–Crippen LogP) is 2.05. The fraction of sp³-hybridized carbons (Fsp3) is 0.467. The van der Waals surface area contributed by atoms with E-state index in [1.165, 1.54) is 17.0 Å². The Morgan fingerprint density at radius 3 is 2.57 bits per heavy atom. The van der Waals surface area contributed by atoms with E-state index in [0.29, 0.717) is 6.42 Å². The maximum Gasteiger partial charge on any atom is 0.413 e. The zero-order chi connectivity index (χ0) is 15.6. The van der Waals surface area contributed by atoms with Crippen LogP contribution in [-0.2, 0) is 20.7 Å². The number of carbonyl (C=O) groups is 2. The molecule has 1 aliphatic rings. The first-order valence-corrected chi connectivity index (χ1v) is 6.70. The third-order valence-corrected chi connectivity index (χ3v) is 2.99. The number of phenols is 1. The standard InChI is InChI=1S/C15H19NO5/c1-15(2,3)21-14(19)16-9-20-13(18)12(16)8-10-4-6-11(17)7-5-10/h4-7,12,17H,8-9H2,1-3H3. The van der Waals surface area contributed by atoms with Crippen molar-refractivity contribution in [3.63, 3.8) is 0 Å². The Balaban J connectivity index is 2.10. The van der Waals surface area contributed by atoms with Crippen LogP contribution in [0.1, 0.15) is 26.3 Å². The van der Waals surface area contributed by atoms with Gasteiger partial charge in [0, 0.05) is 6.42 Å². The van der Waals surface area contributed by atoms with E-state index in [4.69, 9.17) is 9.47 Å². The molecule has 1 aromatic rings. The monoisotopic (exact) mass is 293 g/mol. The number of hydrogen-bond donors (Lipinski definition) is 1. The van der Waals surface area contributed by atoms with Gasteiger partial charge in [-0.1, -0.05) is 12.1 Å². The van der Waals surface area contributed by atoms with E-state index in [0.717, 1.165) is 5.56 Å². The van der Waals surface area contributed by atoms with Crippen molar-refractivity contribution in [2.75, 3.05) is 6.73 Å². The van der Waals surface area contributed by atoms with Gasteiger partial charge in [0.05, 0.1) is 0 Å². The van der Waals surface area contributed by atoms with Crippen LogP contribution in [0.3, 0.4) is 0 Å². The van der Waals surface area contributed by atoms with Crippen LogP contribution in [0.2, 0.25) is 0 Å². The molecule has 1 fully saturated rings. The smallest absolute Gasteiger partial charge is 0.413 e. The molecular weight excluding hydrogens is 274 g/mol. The third kappa shape index (κ3) is 3.87. The SMILES string of the molecule is CC(C)(C)OC(=O)N1COC(=O)C1Cc1ccc(O)cc1. The van der Waals surface area contributed by atoms with Crippen LogP contribution < -0.4 is 0 Å². The molecule has 1 N–H and O–H groups in total. The maximum absolute atomic E-state index is 12.1. The lowest BCUT2D eigenvalue weighted by Crippen LogP contribution is -2.42. The summed E-state index contributed by atoms with van der Waals surface area (Å²) in [6.07, 6.45) is -0.254. The lowest BCUT2D eigenvalue weighted by atomic mass is 10.1. The number of benzene rings is 1. The Labute approximate surface area is 123 Å². The number of carbonyl (C=O) groups excluding carboxylic acids is 2. The second kappa shape index (κ2) is 5.63. The van der Waals surface area contributed by atoms with Gasteiger partial charge in [-0.3, -0.25) is 4.90 Å². The lowest BCUT2D eigenvalue weighted by molar-refractivity contribution is -0.139. The summed E-state index contributed by atoms with van der Waals surface area (Å²) in [5.74, 6) is -0.300. The molecule has 0 radical (unpaired) electrons. The predicted molar refractivity (Wildman–Crippen MR) is 74.6 cm³/mol. The van der Waals surface area contributed by atoms with Gasteiger partial charge in [-0.05, 0) is 38.5 Å². The molecule has 1 aliphatic heterocycles. The van der Waals surface area contributed by atoms with Crippen molar-refractivity contribution in [3.05, 3.63) is 29.8 Å². The van der Waals surface area contributed by atoms with Crippen molar-refractivity contribution in [1.82, 2.24) is 4.90 Å². The average molecular weight is 293 g/mol. The molecule has 6 nitrogen and oxygen atoms in total. The van der Waals surface area contributed by atoms with Crippen molar-refractivity contribution in [3.8, 4) is 5.75 Å². The Hall–Kier alpha value is -2.24. The number of aromatic hydroxyl groups is 1. The molecule has 1 saturated heterocycles. The van der Waals surface area contributed by atoms with Crippen LogP contribution >= 0.6 is 0 Å². The highest BCUT2D eigenvalue weighted by atomic mass is 16.6. The molecule has 1 heterocycles. The van der Waals surface area contributed by atoms with Gasteiger partial charge in [-0.25, -0.2) is 9.59 Å². The normalized spacial score (nSPS) is 18.5. The Bertz CT molecular complexity index is 532. The van der Waals surface area contributed by atoms with Crippen LogP contribution in [0.25, 0.3) is 0 Å². The molecule has 0 bridgehead atoms. The first-order valence-electron chi connectivity index (χ1n) is 6.70. The molecule has 1 atom stereocenters. The van der Waals surface area contributed by atoms with Gasteiger partial charge in [-0.2, -0.15) is 0 Å². The largest absolute Gasteiger partial charge is 0.508 e. The molecule has 6 heteroatoms. The van der Waals surface area contributed by atoms with Crippen LogP contribution in [0.5, 0.6) is 5.75 Å². The summed E-state index contributed by atoms with van der Waals surface area (Å²) in [6.45, 7) is 5.19. The summed E-state index contributed by atoms with van der Waals surface area (Å²) in [7, 11) is 0. The summed E-state index contributed by atoms with van der Waals surface area (Å²) >= 11 is 0. The molecule has 1 amide bonds. The Morgan fingerprint density at radius 2 is 2.00 bits per heavy atom. The first kappa shape index (κ1) is 15.2. The highest BCUT2D eigenvalue weighted by molar-refractivity contribution is 5.84. The third-order valence-electron chi connectivity index (χ3n) is 2.99. The van der Waals surface area contributed by atoms with Gasteiger partial charge in [-0.15, -0.1) is 0 Å². The van der Waals surface area contributed by atoms with E-state index in [2.05, 4.69) is 0 Å². The van der Waals surface area contributed by atoms with Crippen LogP contribution in [0.4, 0.5) is 4.79 Å². The molecule has 0 aliphatic carbocycles. The molecule has 0 saturated carbocycles. The van der Waals surface area contributed by atoms with Gasteiger partial charge >= 0.3 is 12.1 Å². The van der Waals surface area contributed by atoms with Crippen molar-refractivity contribution in [2.45, 2.75) is 38.8 Å². The van der Waals surface area contributed by atoms with Crippen molar-refractivity contribution in [1.29, 1.82) is 0 Å². The summed E-state index contributed by atoms with van der Waals surface area (Å²) in [5, 5.41) is 9.26. The molecule has 0 spiro atoms. The minimum absolute atomic E-state index is 0.101. The summed E-state index contributed by atoms with van der Waals surface area (Å²) in [5.41, 5.74) is 0.191. The number of ether oxygens (including phenoxy) is 2. The second-order valence-electron chi connectivity index (χ2n) is 5.93. The van der Waals surface area contributed by atoms with E-state index in [-0.39, 0.29) is 12.5 Å². The summed E-state index contributed by atoms with van der Waals surface area (Å²) in [4.78, 5) is 25.2. The van der Waals surface area contributed by atoms with E-state index >= 15 is 0 Å². The Kier molecular flexibility index (Phi) is 4.06. The van der Waals surface area contributed by atoms with Gasteiger partial charge in [0.15, 0.2) is 6.73 Å². The van der Waals surface area contributed by atoms with E-state index in [1.54, 1.807) is 32.9 Å². The van der Waals surface area contributed by atoms with Gasteiger partial charge in [0.1, 0.15) is 17.4 Å². The van der Waals surface area contributed by atoms with Gasteiger partial charge in [0.25, 0.3) is 0 Å². The van der Waals surface area contributed by atoms with E-state index in [9.17, 15) is 14.7 Å². The zero-order valence-corrected chi connectivity index (χ0v) is 12.3. The van der Waals surface area contributed by atoms with Crippen LogP contribution in [0, 0.1) is 0 Å². The molecular formula is C15H19NO5. The van der Waals surface area contributed by atoms with Crippen LogP contribution in [0.15, 0.2) is 24.3 Å². The number of hydrogen-bond acceptors (Lipinski definition) is 5. The molecule has 21 heavy (non-hydrogen) atoms. The second-order valence-corrected chi connectivity index (χ2v) is 5.93.